The second-order valence-corrected chi connectivity index (χ2v) is 1.79. The van der Waals surface area contributed by atoms with Crippen LogP contribution in [-0.2, 0) is 11.2 Å². The Balaban J connectivity index is 2.15. The summed E-state index contributed by atoms with van der Waals surface area (Å²) in [4.78, 5) is 3.83. The topological polar surface area (TPSA) is 48.2 Å². The van der Waals surface area contributed by atoms with E-state index in [1.54, 1.807) is 0 Å². The van der Waals surface area contributed by atoms with Crippen molar-refractivity contribution in [3.05, 3.63) is 12.2 Å². The van der Waals surface area contributed by atoms with E-state index in [4.69, 9.17) is 4.74 Å². The molecule has 0 fully saturated rings. The number of hydrogen-bond acceptors (Lipinski definition) is 4. The van der Waals surface area contributed by atoms with Crippen LogP contribution in [0.25, 0.3) is 0 Å². The van der Waals surface area contributed by atoms with Crippen LogP contribution in [0.15, 0.2) is 10.9 Å². The van der Waals surface area contributed by atoms with Gasteiger partial charge in [-0.3, -0.25) is 0 Å². The van der Waals surface area contributed by atoms with E-state index in [2.05, 4.69) is 14.7 Å². The molecule has 0 aliphatic rings. The third-order valence-electron chi connectivity index (χ3n) is 1.08. The zero-order chi connectivity index (χ0) is 7.23. The minimum absolute atomic E-state index is 0.663. The van der Waals surface area contributed by atoms with Crippen molar-refractivity contribution in [3.8, 4) is 0 Å². The standard InChI is InChI=1S/C6H10N2O2/c1-2-9-4-3-6-7-5-10-8-6/h5H,2-4H2,1H3. The number of aromatic nitrogens is 2. The minimum atomic E-state index is 0.663. The molecule has 0 spiro atoms. The van der Waals surface area contributed by atoms with Crippen LogP contribution >= 0.6 is 0 Å². The zero-order valence-electron chi connectivity index (χ0n) is 5.91. The van der Waals surface area contributed by atoms with Crippen molar-refractivity contribution in [1.82, 2.24) is 10.1 Å². The van der Waals surface area contributed by atoms with Gasteiger partial charge in [-0.15, -0.1) is 0 Å². The third-order valence-corrected chi connectivity index (χ3v) is 1.08. The summed E-state index contributed by atoms with van der Waals surface area (Å²) in [5.74, 6) is 0.702. The highest BCUT2D eigenvalue weighted by molar-refractivity contribution is 4.76. The number of hydrogen-bond donors (Lipinski definition) is 0. The average molecular weight is 142 g/mol. The van der Waals surface area contributed by atoms with Gasteiger partial charge in [0.25, 0.3) is 0 Å². The lowest BCUT2D eigenvalue weighted by molar-refractivity contribution is 0.149. The van der Waals surface area contributed by atoms with Crippen LogP contribution in [0.3, 0.4) is 0 Å². The van der Waals surface area contributed by atoms with Gasteiger partial charge < -0.3 is 9.26 Å². The molecule has 0 amide bonds. The Bertz CT molecular complexity index is 162. The van der Waals surface area contributed by atoms with Crippen LogP contribution in [-0.4, -0.2) is 23.4 Å². The van der Waals surface area contributed by atoms with E-state index in [9.17, 15) is 0 Å². The first-order valence-electron chi connectivity index (χ1n) is 3.26. The van der Waals surface area contributed by atoms with E-state index in [0.29, 0.717) is 12.4 Å². The largest absolute Gasteiger partial charge is 0.381 e. The van der Waals surface area contributed by atoms with Gasteiger partial charge in [-0.2, -0.15) is 4.98 Å². The van der Waals surface area contributed by atoms with E-state index in [1.165, 1.54) is 6.39 Å². The molecule has 0 aliphatic heterocycles. The average Bonchev–Trinajstić information content (AvgIpc) is 2.41. The highest BCUT2D eigenvalue weighted by atomic mass is 16.5. The molecule has 4 heteroatoms. The summed E-state index contributed by atoms with van der Waals surface area (Å²) < 4.78 is 9.61. The summed E-state index contributed by atoms with van der Waals surface area (Å²) in [6.07, 6.45) is 2.05. The fourth-order valence-electron chi connectivity index (χ4n) is 0.610. The van der Waals surface area contributed by atoms with Gasteiger partial charge in [0.15, 0.2) is 5.82 Å². The molecular weight excluding hydrogens is 132 g/mol. The van der Waals surface area contributed by atoms with Gasteiger partial charge in [-0.1, -0.05) is 5.16 Å². The normalized spacial score (nSPS) is 10.1. The summed E-state index contributed by atoms with van der Waals surface area (Å²) in [5.41, 5.74) is 0. The maximum Gasteiger partial charge on any atom is 0.213 e. The number of nitrogens with zero attached hydrogens (tertiary/aromatic N) is 2. The Labute approximate surface area is 59.2 Å². The second kappa shape index (κ2) is 4.00. The Hall–Kier alpha value is -0.900. The summed E-state index contributed by atoms with van der Waals surface area (Å²) in [6.45, 7) is 3.35. The van der Waals surface area contributed by atoms with Gasteiger partial charge in [0.1, 0.15) is 0 Å². The van der Waals surface area contributed by atoms with Crippen molar-refractivity contribution in [2.75, 3.05) is 13.2 Å². The molecule has 0 saturated carbocycles. The number of rotatable bonds is 4. The molecule has 4 nitrogen and oxygen atoms in total. The predicted molar refractivity (Wildman–Crippen MR) is 34.5 cm³/mol. The Morgan fingerprint density at radius 3 is 3.20 bits per heavy atom. The SMILES string of the molecule is CCOCCc1ncon1. The first kappa shape index (κ1) is 7.21. The fraction of sp³-hybridized carbons (Fsp3) is 0.667. The van der Waals surface area contributed by atoms with Gasteiger partial charge in [0, 0.05) is 13.0 Å². The van der Waals surface area contributed by atoms with Crippen LogP contribution in [0.1, 0.15) is 12.7 Å². The molecule has 0 unspecified atom stereocenters. The smallest absolute Gasteiger partial charge is 0.213 e. The lowest BCUT2D eigenvalue weighted by atomic mass is 10.4. The van der Waals surface area contributed by atoms with Crippen molar-refractivity contribution in [1.29, 1.82) is 0 Å². The lowest BCUT2D eigenvalue weighted by Crippen LogP contribution is -1.98. The lowest BCUT2D eigenvalue weighted by Gasteiger charge is -1.94. The van der Waals surface area contributed by atoms with Crippen LogP contribution in [0.4, 0.5) is 0 Å². The Kier molecular flexibility index (Phi) is 2.89. The molecule has 0 saturated heterocycles. The molecule has 1 aromatic heterocycles. The molecule has 1 aromatic rings. The van der Waals surface area contributed by atoms with Gasteiger partial charge in [-0.05, 0) is 6.92 Å². The quantitative estimate of drug-likeness (QED) is 0.579. The summed E-state index contributed by atoms with van der Waals surface area (Å²) >= 11 is 0. The molecule has 0 aromatic carbocycles. The molecular formula is C6H10N2O2. The van der Waals surface area contributed by atoms with E-state index >= 15 is 0 Å². The predicted octanol–water partition coefficient (Wildman–Crippen LogP) is 0.649. The molecule has 1 rings (SSSR count). The summed E-state index contributed by atoms with van der Waals surface area (Å²) in [7, 11) is 0. The Morgan fingerprint density at radius 1 is 1.70 bits per heavy atom. The van der Waals surface area contributed by atoms with Crippen LogP contribution in [0.2, 0.25) is 0 Å². The highest BCUT2D eigenvalue weighted by Gasteiger charge is 1.95. The summed E-state index contributed by atoms with van der Waals surface area (Å²) in [6, 6.07) is 0. The first-order chi connectivity index (χ1) is 4.93. The highest BCUT2D eigenvalue weighted by Crippen LogP contribution is 1.89. The molecule has 0 bridgehead atoms. The molecule has 0 radical (unpaired) electrons. The molecule has 0 atom stereocenters. The number of ether oxygens (including phenoxy) is 1. The van der Waals surface area contributed by atoms with Crippen molar-refractivity contribution < 1.29 is 9.26 Å². The van der Waals surface area contributed by atoms with Gasteiger partial charge in [-0.25, -0.2) is 0 Å². The van der Waals surface area contributed by atoms with Crippen LogP contribution < -0.4 is 0 Å². The van der Waals surface area contributed by atoms with Crippen LogP contribution in [0.5, 0.6) is 0 Å². The fourth-order valence-corrected chi connectivity index (χ4v) is 0.610. The minimum Gasteiger partial charge on any atom is -0.381 e. The maximum atomic E-state index is 5.09. The molecule has 10 heavy (non-hydrogen) atoms. The van der Waals surface area contributed by atoms with E-state index in [1.807, 2.05) is 6.92 Å². The molecule has 0 aliphatic carbocycles. The van der Waals surface area contributed by atoms with Crippen molar-refractivity contribution in [2.45, 2.75) is 13.3 Å². The summed E-state index contributed by atoms with van der Waals surface area (Å²) in [5, 5.41) is 3.62. The monoisotopic (exact) mass is 142 g/mol. The van der Waals surface area contributed by atoms with E-state index < -0.39 is 0 Å². The van der Waals surface area contributed by atoms with Crippen molar-refractivity contribution >= 4 is 0 Å². The van der Waals surface area contributed by atoms with E-state index in [-0.39, 0.29) is 0 Å². The third kappa shape index (κ3) is 2.14. The van der Waals surface area contributed by atoms with E-state index in [0.717, 1.165) is 13.0 Å². The first-order valence-corrected chi connectivity index (χ1v) is 3.26. The molecule has 56 valence electrons. The zero-order valence-corrected chi connectivity index (χ0v) is 5.91. The molecule has 1 heterocycles. The Morgan fingerprint density at radius 2 is 2.60 bits per heavy atom. The second-order valence-electron chi connectivity index (χ2n) is 1.79. The van der Waals surface area contributed by atoms with Gasteiger partial charge in [0.2, 0.25) is 6.39 Å². The van der Waals surface area contributed by atoms with Crippen LogP contribution in [0, 0.1) is 0 Å². The maximum absolute atomic E-state index is 5.09. The molecule has 0 N–H and O–H groups in total. The van der Waals surface area contributed by atoms with Crippen molar-refractivity contribution in [3.63, 3.8) is 0 Å². The van der Waals surface area contributed by atoms with Gasteiger partial charge in [0.05, 0.1) is 6.61 Å². The van der Waals surface area contributed by atoms with Crippen molar-refractivity contribution in [2.24, 2.45) is 0 Å². The van der Waals surface area contributed by atoms with Gasteiger partial charge >= 0.3 is 0 Å².